The van der Waals surface area contributed by atoms with Crippen LogP contribution in [0.3, 0.4) is 0 Å². The Bertz CT molecular complexity index is 477. The summed E-state index contributed by atoms with van der Waals surface area (Å²) in [5.74, 6) is -0.854. The van der Waals surface area contributed by atoms with Crippen molar-refractivity contribution in [3.63, 3.8) is 0 Å². The summed E-state index contributed by atoms with van der Waals surface area (Å²) in [7, 11) is 0. The van der Waals surface area contributed by atoms with Gasteiger partial charge in [0.25, 0.3) is 0 Å². The molecular formula is C12H7BrF2. The quantitative estimate of drug-likeness (QED) is 0.720. The van der Waals surface area contributed by atoms with Crippen LogP contribution in [0.5, 0.6) is 0 Å². The molecule has 0 N–H and O–H groups in total. The summed E-state index contributed by atoms with van der Waals surface area (Å²) in [6.45, 7) is 0. The monoisotopic (exact) mass is 268 g/mol. The molecule has 0 spiro atoms. The average molecular weight is 269 g/mol. The number of benzene rings is 2. The van der Waals surface area contributed by atoms with Crippen molar-refractivity contribution in [3.05, 3.63) is 58.6 Å². The molecule has 0 aliphatic rings. The molecule has 0 fully saturated rings. The van der Waals surface area contributed by atoms with E-state index in [0.717, 1.165) is 16.6 Å². The van der Waals surface area contributed by atoms with E-state index in [1.165, 1.54) is 6.07 Å². The zero-order chi connectivity index (χ0) is 10.8. The van der Waals surface area contributed by atoms with E-state index in [2.05, 4.69) is 15.9 Å². The molecule has 0 amide bonds. The third kappa shape index (κ3) is 2.23. The van der Waals surface area contributed by atoms with Gasteiger partial charge in [-0.05, 0) is 35.9 Å². The van der Waals surface area contributed by atoms with Gasteiger partial charge >= 0.3 is 0 Å². The Hall–Kier alpha value is -1.22. The van der Waals surface area contributed by atoms with Crippen molar-refractivity contribution in [2.75, 3.05) is 0 Å². The second kappa shape index (κ2) is 4.11. The highest BCUT2D eigenvalue weighted by atomic mass is 79.9. The second-order valence-electron chi connectivity index (χ2n) is 3.13. The highest BCUT2D eigenvalue weighted by molar-refractivity contribution is 9.10. The summed E-state index contributed by atoms with van der Waals surface area (Å²) in [5, 5.41) is 0. The van der Waals surface area contributed by atoms with E-state index < -0.39 is 11.6 Å². The maximum Gasteiger partial charge on any atom is 0.131 e. The minimum Gasteiger partial charge on any atom is -0.207 e. The van der Waals surface area contributed by atoms with Crippen LogP contribution in [0.4, 0.5) is 8.78 Å². The molecule has 0 saturated carbocycles. The summed E-state index contributed by atoms with van der Waals surface area (Å²) >= 11 is 3.28. The summed E-state index contributed by atoms with van der Waals surface area (Å²) in [6.07, 6.45) is 0. The molecule has 15 heavy (non-hydrogen) atoms. The van der Waals surface area contributed by atoms with Gasteiger partial charge in [-0.3, -0.25) is 0 Å². The van der Waals surface area contributed by atoms with Gasteiger partial charge in [-0.15, -0.1) is 0 Å². The fourth-order valence-electron chi connectivity index (χ4n) is 1.35. The van der Waals surface area contributed by atoms with Crippen LogP contribution in [0.15, 0.2) is 46.9 Å². The maximum absolute atomic E-state index is 13.4. The van der Waals surface area contributed by atoms with Gasteiger partial charge in [0.05, 0.1) is 0 Å². The van der Waals surface area contributed by atoms with Gasteiger partial charge in [0, 0.05) is 10.0 Å². The number of halogens is 3. The first kappa shape index (κ1) is 10.3. The van der Waals surface area contributed by atoms with E-state index in [0.29, 0.717) is 5.56 Å². The number of hydrogen-bond donors (Lipinski definition) is 0. The lowest BCUT2D eigenvalue weighted by Crippen LogP contribution is -1.85. The van der Waals surface area contributed by atoms with Crippen molar-refractivity contribution in [2.45, 2.75) is 0 Å². The summed E-state index contributed by atoms with van der Waals surface area (Å²) < 4.78 is 27.2. The molecular weight excluding hydrogens is 262 g/mol. The predicted octanol–water partition coefficient (Wildman–Crippen LogP) is 4.39. The van der Waals surface area contributed by atoms with E-state index >= 15 is 0 Å². The zero-order valence-corrected chi connectivity index (χ0v) is 9.26. The lowest BCUT2D eigenvalue weighted by molar-refractivity contribution is 0.603. The van der Waals surface area contributed by atoms with Crippen molar-refractivity contribution in [2.24, 2.45) is 0 Å². The second-order valence-corrected chi connectivity index (χ2v) is 4.05. The molecule has 0 radical (unpaired) electrons. The molecule has 0 nitrogen and oxygen atoms in total. The maximum atomic E-state index is 13.4. The molecule has 0 aromatic heterocycles. The van der Waals surface area contributed by atoms with E-state index in [4.69, 9.17) is 0 Å². The van der Waals surface area contributed by atoms with Gasteiger partial charge in [0.15, 0.2) is 0 Å². The van der Waals surface area contributed by atoms with Gasteiger partial charge in [-0.1, -0.05) is 28.1 Å². The normalized spacial score (nSPS) is 10.3. The largest absolute Gasteiger partial charge is 0.207 e. The average Bonchev–Trinajstić information content (AvgIpc) is 2.23. The van der Waals surface area contributed by atoms with Gasteiger partial charge in [-0.25, -0.2) is 8.78 Å². The van der Waals surface area contributed by atoms with Gasteiger partial charge < -0.3 is 0 Å². The van der Waals surface area contributed by atoms with Gasteiger partial charge in [-0.2, -0.15) is 0 Å². The fourth-order valence-corrected chi connectivity index (χ4v) is 1.61. The van der Waals surface area contributed by atoms with E-state index in [1.807, 2.05) is 0 Å². The van der Waals surface area contributed by atoms with Crippen LogP contribution in [0.25, 0.3) is 11.1 Å². The summed E-state index contributed by atoms with van der Waals surface area (Å²) in [5.41, 5.74) is 0.942. The summed E-state index contributed by atoms with van der Waals surface area (Å²) in [4.78, 5) is 0. The van der Waals surface area contributed by atoms with Crippen LogP contribution in [-0.2, 0) is 0 Å². The Labute approximate surface area is 94.7 Å². The van der Waals surface area contributed by atoms with Crippen molar-refractivity contribution < 1.29 is 8.78 Å². The first-order chi connectivity index (χ1) is 7.16. The Morgan fingerprint density at radius 3 is 2.20 bits per heavy atom. The first-order valence-corrected chi connectivity index (χ1v) is 5.17. The van der Waals surface area contributed by atoms with Crippen molar-refractivity contribution >= 4 is 15.9 Å². The van der Waals surface area contributed by atoms with Crippen LogP contribution in [0.1, 0.15) is 0 Å². The SMILES string of the molecule is Fc1ccc(F)c(-c2ccc(Br)cc2)c1. The van der Waals surface area contributed by atoms with E-state index in [9.17, 15) is 8.78 Å². The molecule has 0 bridgehead atoms. The Morgan fingerprint density at radius 1 is 0.867 bits per heavy atom. The number of hydrogen-bond acceptors (Lipinski definition) is 0. The standard InChI is InChI=1S/C12H7BrF2/c13-9-3-1-8(2-4-9)11-7-10(14)5-6-12(11)15/h1-7H. The summed E-state index contributed by atoms with van der Waals surface area (Å²) in [6, 6.07) is 10.5. The molecule has 0 unspecified atom stereocenters. The topological polar surface area (TPSA) is 0 Å². The molecule has 76 valence electrons. The first-order valence-electron chi connectivity index (χ1n) is 4.38. The molecule has 0 aliphatic carbocycles. The lowest BCUT2D eigenvalue weighted by Gasteiger charge is -2.03. The third-order valence-corrected chi connectivity index (χ3v) is 2.61. The van der Waals surface area contributed by atoms with Crippen molar-refractivity contribution in [3.8, 4) is 11.1 Å². The van der Waals surface area contributed by atoms with Crippen LogP contribution in [0, 0.1) is 11.6 Å². The van der Waals surface area contributed by atoms with Crippen molar-refractivity contribution in [1.29, 1.82) is 0 Å². The molecule has 0 saturated heterocycles. The molecule has 0 heterocycles. The molecule has 3 heteroatoms. The van der Waals surface area contributed by atoms with Gasteiger partial charge in [0.2, 0.25) is 0 Å². The van der Waals surface area contributed by atoms with Crippen LogP contribution < -0.4 is 0 Å². The zero-order valence-electron chi connectivity index (χ0n) is 7.68. The van der Waals surface area contributed by atoms with E-state index in [1.54, 1.807) is 24.3 Å². The molecule has 2 aromatic carbocycles. The Balaban J connectivity index is 2.53. The van der Waals surface area contributed by atoms with Crippen LogP contribution >= 0.6 is 15.9 Å². The minimum atomic E-state index is -0.436. The highest BCUT2D eigenvalue weighted by Gasteiger charge is 2.05. The third-order valence-electron chi connectivity index (χ3n) is 2.08. The smallest absolute Gasteiger partial charge is 0.131 e. The van der Waals surface area contributed by atoms with Gasteiger partial charge in [0.1, 0.15) is 11.6 Å². The highest BCUT2D eigenvalue weighted by Crippen LogP contribution is 2.25. The molecule has 2 aromatic rings. The minimum absolute atomic E-state index is 0.280. The lowest BCUT2D eigenvalue weighted by atomic mass is 10.1. The molecule has 2 rings (SSSR count). The fraction of sp³-hybridized carbons (Fsp3) is 0. The van der Waals surface area contributed by atoms with Crippen LogP contribution in [0.2, 0.25) is 0 Å². The molecule has 0 atom stereocenters. The van der Waals surface area contributed by atoms with Crippen molar-refractivity contribution in [1.82, 2.24) is 0 Å². The van der Waals surface area contributed by atoms with Crippen LogP contribution in [-0.4, -0.2) is 0 Å². The number of rotatable bonds is 1. The molecule has 0 aliphatic heterocycles. The van der Waals surface area contributed by atoms with E-state index in [-0.39, 0.29) is 5.56 Å². The Morgan fingerprint density at radius 2 is 1.53 bits per heavy atom. The predicted molar refractivity (Wildman–Crippen MR) is 59.5 cm³/mol. The Kier molecular flexibility index (Phi) is 2.82.